The lowest BCUT2D eigenvalue weighted by molar-refractivity contribution is 0.972. The largest absolute Gasteiger partial charge is 0.102 e. The highest BCUT2D eigenvalue weighted by atomic mass is 35.5. The Labute approximate surface area is 72.5 Å². The average molecular weight is 167 g/mol. The van der Waals surface area contributed by atoms with Crippen molar-refractivity contribution in [3.05, 3.63) is 47.5 Å². The molecule has 0 N–H and O–H groups in total. The Kier molecular flexibility index (Phi) is 2.72. The first-order valence-electron chi connectivity index (χ1n) is 3.62. The molecule has 0 aliphatic rings. The van der Waals surface area contributed by atoms with Gasteiger partial charge in [0.05, 0.1) is 0 Å². The van der Waals surface area contributed by atoms with Crippen molar-refractivity contribution in [3.8, 4) is 0 Å². The molecule has 1 aromatic rings. The second-order valence-corrected chi connectivity index (χ2v) is 2.95. The quantitative estimate of drug-likeness (QED) is 0.589. The van der Waals surface area contributed by atoms with Crippen molar-refractivity contribution in [2.75, 3.05) is 0 Å². The van der Waals surface area contributed by atoms with E-state index in [9.17, 15) is 0 Å². The maximum atomic E-state index is 5.95. The van der Waals surface area contributed by atoms with Crippen LogP contribution in [0.1, 0.15) is 18.4 Å². The van der Waals surface area contributed by atoms with Crippen LogP contribution >= 0.6 is 11.6 Å². The number of allylic oxidation sites excluding steroid dienone is 1. The topological polar surface area (TPSA) is 0 Å². The lowest BCUT2D eigenvalue weighted by Gasteiger charge is -2.07. The van der Waals surface area contributed by atoms with E-state index in [2.05, 4.69) is 13.5 Å². The monoisotopic (exact) mass is 166 g/mol. The molecule has 0 aliphatic heterocycles. The van der Waals surface area contributed by atoms with Crippen LogP contribution in [0, 0.1) is 0 Å². The van der Waals surface area contributed by atoms with E-state index in [-0.39, 0.29) is 0 Å². The Balaban J connectivity index is 3.02. The first kappa shape index (κ1) is 8.35. The molecular weight excluding hydrogens is 156 g/mol. The van der Waals surface area contributed by atoms with Crippen LogP contribution in [-0.2, 0) is 0 Å². The zero-order valence-corrected chi connectivity index (χ0v) is 7.31. The van der Waals surface area contributed by atoms with Gasteiger partial charge < -0.3 is 0 Å². The van der Waals surface area contributed by atoms with Crippen molar-refractivity contribution < 1.29 is 0 Å². The summed E-state index contributed by atoms with van der Waals surface area (Å²) in [5.74, 6) is 0.337. The number of hydrogen-bond donors (Lipinski definition) is 0. The molecule has 0 saturated carbocycles. The summed E-state index contributed by atoms with van der Waals surface area (Å²) in [4.78, 5) is 0. The molecule has 1 heteroatoms. The third-order valence-electron chi connectivity index (χ3n) is 1.75. The lowest BCUT2D eigenvalue weighted by Crippen LogP contribution is -1.88. The Morgan fingerprint density at radius 1 is 1.45 bits per heavy atom. The number of rotatable bonds is 2. The Morgan fingerprint density at radius 3 is 2.64 bits per heavy atom. The highest BCUT2D eigenvalue weighted by Crippen LogP contribution is 2.24. The standard InChI is InChI=1S/C10H11Cl/c1-3-8(2)9-6-4-5-7-10(9)11/h3-8H,1H2,2H3. The van der Waals surface area contributed by atoms with E-state index in [0.717, 1.165) is 10.6 Å². The van der Waals surface area contributed by atoms with Gasteiger partial charge in [0.2, 0.25) is 0 Å². The van der Waals surface area contributed by atoms with E-state index in [1.807, 2.05) is 30.3 Å². The van der Waals surface area contributed by atoms with E-state index in [4.69, 9.17) is 11.6 Å². The van der Waals surface area contributed by atoms with Gasteiger partial charge in [-0.2, -0.15) is 0 Å². The van der Waals surface area contributed by atoms with Crippen molar-refractivity contribution >= 4 is 11.6 Å². The van der Waals surface area contributed by atoms with E-state index < -0.39 is 0 Å². The molecule has 0 aromatic heterocycles. The molecule has 0 radical (unpaired) electrons. The summed E-state index contributed by atoms with van der Waals surface area (Å²) < 4.78 is 0. The summed E-state index contributed by atoms with van der Waals surface area (Å²) >= 11 is 5.95. The van der Waals surface area contributed by atoms with Crippen LogP contribution in [-0.4, -0.2) is 0 Å². The van der Waals surface area contributed by atoms with Crippen molar-refractivity contribution in [3.63, 3.8) is 0 Å². The van der Waals surface area contributed by atoms with E-state index in [1.165, 1.54) is 0 Å². The summed E-state index contributed by atoms with van der Waals surface area (Å²) in [5, 5.41) is 0.819. The molecule has 0 nitrogen and oxygen atoms in total. The SMILES string of the molecule is C=CC(C)c1ccccc1Cl. The molecular formula is C10H11Cl. The molecule has 1 aromatic carbocycles. The fourth-order valence-electron chi connectivity index (χ4n) is 0.971. The Morgan fingerprint density at radius 2 is 2.09 bits per heavy atom. The van der Waals surface area contributed by atoms with Gasteiger partial charge in [-0.05, 0) is 11.6 Å². The third-order valence-corrected chi connectivity index (χ3v) is 2.09. The zero-order valence-electron chi connectivity index (χ0n) is 6.55. The molecule has 1 atom stereocenters. The van der Waals surface area contributed by atoms with Crippen LogP contribution in [0.5, 0.6) is 0 Å². The first-order chi connectivity index (χ1) is 5.25. The van der Waals surface area contributed by atoms with Crippen molar-refractivity contribution in [2.45, 2.75) is 12.8 Å². The summed E-state index contributed by atoms with van der Waals surface area (Å²) in [5.41, 5.74) is 1.14. The summed E-state index contributed by atoms with van der Waals surface area (Å²) in [6.45, 7) is 5.80. The molecule has 0 bridgehead atoms. The van der Waals surface area contributed by atoms with Crippen LogP contribution in [0.3, 0.4) is 0 Å². The molecule has 0 fully saturated rings. The maximum absolute atomic E-state index is 5.95. The molecule has 0 spiro atoms. The second-order valence-electron chi connectivity index (χ2n) is 2.55. The van der Waals surface area contributed by atoms with Crippen molar-refractivity contribution in [1.82, 2.24) is 0 Å². The Hall–Kier alpha value is -0.750. The zero-order chi connectivity index (χ0) is 8.27. The Bertz CT molecular complexity index is 253. The van der Waals surface area contributed by atoms with Crippen LogP contribution < -0.4 is 0 Å². The van der Waals surface area contributed by atoms with E-state index in [1.54, 1.807) is 0 Å². The normalized spacial score (nSPS) is 12.5. The van der Waals surface area contributed by atoms with E-state index in [0.29, 0.717) is 5.92 Å². The van der Waals surface area contributed by atoms with Crippen LogP contribution in [0.15, 0.2) is 36.9 Å². The predicted molar refractivity (Wildman–Crippen MR) is 50.1 cm³/mol. The highest BCUT2D eigenvalue weighted by Gasteiger charge is 2.03. The fraction of sp³-hybridized carbons (Fsp3) is 0.200. The van der Waals surface area contributed by atoms with Crippen molar-refractivity contribution in [2.24, 2.45) is 0 Å². The number of benzene rings is 1. The van der Waals surface area contributed by atoms with Gasteiger partial charge >= 0.3 is 0 Å². The lowest BCUT2D eigenvalue weighted by atomic mass is 10.0. The second kappa shape index (κ2) is 3.59. The molecule has 58 valence electrons. The minimum atomic E-state index is 0.337. The van der Waals surface area contributed by atoms with Crippen LogP contribution in [0.25, 0.3) is 0 Å². The van der Waals surface area contributed by atoms with Crippen LogP contribution in [0.4, 0.5) is 0 Å². The minimum absolute atomic E-state index is 0.337. The highest BCUT2D eigenvalue weighted by molar-refractivity contribution is 6.31. The molecule has 0 heterocycles. The molecule has 1 unspecified atom stereocenters. The van der Waals surface area contributed by atoms with Gasteiger partial charge in [0.15, 0.2) is 0 Å². The van der Waals surface area contributed by atoms with Gasteiger partial charge in [-0.25, -0.2) is 0 Å². The summed E-state index contributed by atoms with van der Waals surface area (Å²) in [6.07, 6.45) is 1.89. The molecule has 11 heavy (non-hydrogen) atoms. The predicted octanol–water partition coefficient (Wildman–Crippen LogP) is 3.63. The third kappa shape index (κ3) is 1.84. The first-order valence-corrected chi connectivity index (χ1v) is 4.00. The van der Waals surface area contributed by atoms with E-state index >= 15 is 0 Å². The molecule has 0 saturated heterocycles. The number of halogens is 1. The average Bonchev–Trinajstić information content (AvgIpc) is 2.04. The maximum Gasteiger partial charge on any atom is 0.0443 e. The van der Waals surface area contributed by atoms with Crippen LogP contribution in [0.2, 0.25) is 5.02 Å². The van der Waals surface area contributed by atoms with Gasteiger partial charge in [0.1, 0.15) is 0 Å². The fourth-order valence-corrected chi connectivity index (χ4v) is 1.28. The smallest absolute Gasteiger partial charge is 0.0443 e. The molecule has 1 rings (SSSR count). The molecule has 0 amide bonds. The van der Waals surface area contributed by atoms with Gasteiger partial charge in [-0.15, -0.1) is 6.58 Å². The summed E-state index contributed by atoms with van der Waals surface area (Å²) in [6, 6.07) is 7.84. The minimum Gasteiger partial charge on any atom is -0.102 e. The van der Waals surface area contributed by atoms with Gasteiger partial charge in [-0.1, -0.05) is 42.8 Å². The van der Waals surface area contributed by atoms with Gasteiger partial charge in [0.25, 0.3) is 0 Å². The van der Waals surface area contributed by atoms with Crippen molar-refractivity contribution in [1.29, 1.82) is 0 Å². The van der Waals surface area contributed by atoms with Gasteiger partial charge in [-0.3, -0.25) is 0 Å². The number of hydrogen-bond acceptors (Lipinski definition) is 0. The van der Waals surface area contributed by atoms with Gasteiger partial charge in [0, 0.05) is 10.9 Å². The summed E-state index contributed by atoms with van der Waals surface area (Å²) in [7, 11) is 0. The molecule has 0 aliphatic carbocycles.